The zero-order chi connectivity index (χ0) is 14.2. The van der Waals surface area contributed by atoms with Gasteiger partial charge in [0.2, 0.25) is 0 Å². The summed E-state index contributed by atoms with van der Waals surface area (Å²) in [5.41, 5.74) is 7.54. The zero-order valence-corrected chi connectivity index (χ0v) is 11.6. The van der Waals surface area contributed by atoms with E-state index in [0.29, 0.717) is 5.82 Å². The fourth-order valence-corrected chi connectivity index (χ4v) is 2.90. The van der Waals surface area contributed by atoms with Crippen molar-refractivity contribution in [1.82, 2.24) is 20.3 Å². The second kappa shape index (κ2) is 4.89. The van der Waals surface area contributed by atoms with Gasteiger partial charge in [-0.15, -0.1) is 0 Å². The van der Waals surface area contributed by atoms with Gasteiger partial charge in [-0.3, -0.25) is 0 Å². The lowest BCUT2D eigenvalue weighted by Crippen LogP contribution is -2.37. The minimum absolute atomic E-state index is 0.202. The van der Waals surface area contributed by atoms with Crippen molar-refractivity contribution in [3.63, 3.8) is 0 Å². The fourth-order valence-electron chi connectivity index (χ4n) is 2.90. The Hall–Kier alpha value is -2.34. The highest BCUT2D eigenvalue weighted by Crippen LogP contribution is 2.33. The van der Waals surface area contributed by atoms with Crippen molar-refractivity contribution in [3.8, 4) is 5.75 Å². The minimum Gasteiger partial charge on any atom is -0.488 e. The van der Waals surface area contributed by atoms with E-state index in [-0.39, 0.29) is 6.10 Å². The summed E-state index contributed by atoms with van der Waals surface area (Å²) in [5.74, 6) is 1.35. The van der Waals surface area contributed by atoms with Crippen LogP contribution in [0.1, 0.15) is 12.8 Å². The molecule has 0 saturated carbocycles. The smallest absolute Gasteiger partial charge is 0.142 e. The second-order valence-corrected chi connectivity index (χ2v) is 5.40. The van der Waals surface area contributed by atoms with Gasteiger partial charge in [-0.05, 0) is 31.5 Å². The van der Waals surface area contributed by atoms with Crippen LogP contribution in [0.4, 0.5) is 5.82 Å². The lowest BCUT2D eigenvalue weighted by molar-refractivity contribution is 0.169. The van der Waals surface area contributed by atoms with Crippen molar-refractivity contribution < 1.29 is 4.74 Å². The maximum absolute atomic E-state index is 6.19. The molecule has 1 aliphatic heterocycles. The van der Waals surface area contributed by atoms with Gasteiger partial charge >= 0.3 is 0 Å². The number of aromatic nitrogens is 3. The Kier molecular flexibility index (Phi) is 2.89. The van der Waals surface area contributed by atoms with Crippen LogP contribution >= 0.6 is 0 Å². The lowest BCUT2D eigenvalue weighted by atomic mass is 10.1. The molecule has 21 heavy (non-hydrogen) atoms. The Labute approximate surface area is 121 Å². The van der Waals surface area contributed by atoms with Gasteiger partial charge in [0.05, 0.1) is 17.1 Å². The van der Waals surface area contributed by atoms with Gasteiger partial charge in [-0.1, -0.05) is 0 Å². The first kappa shape index (κ1) is 12.4. The molecule has 0 aromatic carbocycles. The van der Waals surface area contributed by atoms with Gasteiger partial charge in [-0.25, -0.2) is 9.97 Å². The Balaban J connectivity index is 1.83. The Bertz CT molecular complexity index is 791. The van der Waals surface area contributed by atoms with Crippen molar-refractivity contribution in [2.24, 2.45) is 0 Å². The highest BCUT2D eigenvalue weighted by atomic mass is 16.5. The third-order valence-electron chi connectivity index (χ3n) is 3.91. The number of fused-ring (bicyclic) bond motifs is 3. The number of anilines is 1. The van der Waals surface area contributed by atoms with Gasteiger partial charge in [0.25, 0.3) is 0 Å². The Morgan fingerprint density at radius 1 is 1.33 bits per heavy atom. The molecule has 6 nitrogen and oxygen atoms in total. The van der Waals surface area contributed by atoms with Crippen LogP contribution in [0.5, 0.6) is 5.75 Å². The molecule has 4 N–H and O–H groups in total. The number of hydrogen-bond acceptors (Lipinski definition) is 5. The van der Waals surface area contributed by atoms with E-state index >= 15 is 0 Å². The van der Waals surface area contributed by atoms with Crippen molar-refractivity contribution in [3.05, 3.63) is 24.5 Å². The predicted molar refractivity (Wildman–Crippen MR) is 82.3 cm³/mol. The van der Waals surface area contributed by atoms with E-state index < -0.39 is 0 Å². The number of nitrogens with one attached hydrogen (secondary N) is 2. The van der Waals surface area contributed by atoms with Crippen LogP contribution in [-0.4, -0.2) is 34.1 Å². The first-order valence-electron chi connectivity index (χ1n) is 7.20. The molecule has 0 unspecified atom stereocenters. The molecule has 0 radical (unpaired) electrons. The van der Waals surface area contributed by atoms with Gasteiger partial charge in [0.15, 0.2) is 0 Å². The molecule has 0 aliphatic carbocycles. The molecule has 3 aromatic rings. The number of pyridine rings is 2. The van der Waals surface area contributed by atoms with E-state index in [1.807, 2.05) is 12.1 Å². The number of H-pyrrole nitrogens is 1. The summed E-state index contributed by atoms with van der Waals surface area (Å²) in [6.07, 6.45) is 5.92. The zero-order valence-electron chi connectivity index (χ0n) is 11.6. The molecular weight excluding hydrogens is 266 g/mol. The summed E-state index contributed by atoms with van der Waals surface area (Å²) < 4.78 is 6.19. The minimum atomic E-state index is 0.202. The van der Waals surface area contributed by atoms with E-state index in [2.05, 4.69) is 20.3 Å². The molecule has 6 heteroatoms. The number of nitrogens with zero attached hydrogens (tertiary/aromatic N) is 2. The van der Waals surface area contributed by atoms with E-state index in [1.54, 1.807) is 12.4 Å². The molecule has 1 aliphatic rings. The number of aromatic amines is 1. The van der Waals surface area contributed by atoms with Crippen LogP contribution in [0.25, 0.3) is 21.9 Å². The SMILES string of the molecule is Nc1cc2c(cn1)[nH]c1nccc(O[C@H]3CCCNC3)c12. The van der Waals surface area contributed by atoms with E-state index in [9.17, 15) is 0 Å². The number of rotatable bonds is 2. The molecule has 108 valence electrons. The monoisotopic (exact) mass is 283 g/mol. The third kappa shape index (κ3) is 2.17. The topological polar surface area (TPSA) is 88.9 Å². The quantitative estimate of drug-likeness (QED) is 0.667. The molecule has 1 saturated heterocycles. The second-order valence-electron chi connectivity index (χ2n) is 5.40. The first-order chi connectivity index (χ1) is 10.3. The van der Waals surface area contributed by atoms with Gasteiger partial charge in [0, 0.05) is 18.1 Å². The van der Waals surface area contributed by atoms with Gasteiger partial charge in [-0.2, -0.15) is 0 Å². The summed E-state index contributed by atoms with van der Waals surface area (Å²) in [6.45, 7) is 1.96. The van der Waals surface area contributed by atoms with Gasteiger partial charge < -0.3 is 20.8 Å². The predicted octanol–water partition coefficient (Wildman–Crippen LogP) is 1.82. The Morgan fingerprint density at radius 2 is 2.29 bits per heavy atom. The molecule has 0 amide bonds. The maximum Gasteiger partial charge on any atom is 0.142 e. The number of ether oxygens (including phenoxy) is 1. The average Bonchev–Trinajstić information content (AvgIpc) is 2.87. The summed E-state index contributed by atoms with van der Waals surface area (Å²) >= 11 is 0. The molecule has 1 atom stereocenters. The fraction of sp³-hybridized carbons (Fsp3) is 0.333. The van der Waals surface area contributed by atoms with Crippen LogP contribution in [0.2, 0.25) is 0 Å². The van der Waals surface area contributed by atoms with E-state index in [4.69, 9.17) is 10.5 Å². The van der Waals surface area contributed by atoms with Crippen molar-refractivity contribution in [2.75, 3.05) is 18.8 Å². The average molecular weight is 283 g/mol. The first-order valence-corrected chi connectivity index (χ1v) is 7.20. The van der Waals surface area contributed by atoms with Crippen molar-refractivity contribution in [1.29, 1.82) is 0 Å². The summed E-state index contributed by atoms with van der Waals surface area (Å²) in [4.78, 5) is 11.8. The molecule has 0 bridgehead atoms. The highest BCUT2D eigenvalue weighted by Gasteiger charge is 2.18. The number of nitrogens with two attached hydrogens (primary N) is 1. The largest absolute Gasteiger partial charge is 0.488 e. The molecule has 4 heterocycles. The summed E-state index contributed by atoms with van der Waals surface area (Å²) in [5, 5.41) is 5.35. The Morgan fingerprint density at radius 3 is 3.14 bits per heavy atom. The summed E-state index contributed by atoms with van der Waals surface area (Å²) in [6, 6.07) is 3.78. The van der Waals surface area contributed by atoms with Crippen molar-refractivity contribution in [2.45, 2.75) is 18.9 Å². The van der Waals surface area contributed by atoms with Crippen molar-refractivity contribution >= 4 is 27.8 Å². The van der Waals surface area contributed by atoms with Crippen LogP contribution in [0.3, 0.4) is 0 Å². The molecule has 0 spiro atoms. The van der Waals surface area contributed by atoms with Crippen LogP contribution in [0.15, 0.2) is 24.5 Å². The summed E-state index contributed by atoms with van der Waals surface area (Å²) in [7, 11) is 0. The molecule has 3 aromatic heterocycles. The normalized spacial score (nSPS) is 19.1. The maximum atomic E-state index is 6.19. The lowest BCUT2D eigenvalue weighted by Gasteiger charge is -2.24. The standard InChI is InChI=1S/C15H17N5O/c16-13-6-10-11(8-19-13)20-15-14(10)12(3-5-18-15)21-9-2-1-4-17-7-9/h3,5-6,8-9,17H,1-2,4,7H2,(H2,16,19)(H,18,20)/t9-/m0/s1. The van der Waals surface area contributed by atoms with E-state index in [0.717, 1.165) is 53.6 Å². The number of nitrogen functional groups attached to an aromatic ring is 1. The third-order valence-corrected chi connectivity index (χ3v) is 3.91. The van der Waals surface area contributed by atoms with Crippen LogP contribution < -0.4 is 15.8 Å². The van der Waals surface area contributed by atoms with Crippen LogP contribution in [-0.2, 0) is 0 Å². The molecule has 4 rings (SSSR count). The highest BCUT2D eigenvalue weighted by molar-refractivity contribution is 6.09. The van der Waals surface area contributed by atoms with E-state index in [1.165, 1.54) is 0 Å². The molecule has 1 fully saturated rings. The van der Waals surface area contributed by atoms with Gasteiger partial charge in [0.1, 0.15) is 23.3 Å². The molecular formula is C15H17N5O. The number of hydrogen-bond donors (Lipinski definition) is 3. The van der Waals surface area contributed by atoms with Crippen LogP contribution in [0, 0.1) is 0 Å². The number of piperidine rings is 1.